The summed E-state index contributed by atoms with van der Waals surface area (Å²) in [5.41, 5.74) is 20.5. The number of nitrogens with one attached hydrogen (secondary N) is 13. The molecule has 21 N–H and O–H groups in total. The van der Waals surface area contributed by atoms with Crippen LogP contribution < -0.4 is 70.4 Å². The van der Waals surface area contributed by atoms with Crippen LogP contribution in [0.25, 0.3) is 32.7 Å². The molecular weight excluding hydrogens is 1310 g/mol. The zero-order chi connectivity index (χ0) is 73.6. The van der Waals surface area contributed by atoms with Crippen molar-refractivity contribution in [3.63, 3.8) is 0 Å². The molecular formula is C68H89N17O16. The fourth-order valence-corrected chi connectivity index (χ4v) is 11.9. The molecule has 1 aliphatic rings. The van der Waals surface area contributed by atoms with Crippen molar-refractivity contribution in [2.45, 2.75) is 159 Å². The van der Waals surface area contributed by atoms with Crippen LogP contribution in [0.1, 0.15) is 95.8 Å². The Balaban J connectivity index is 1.15. The number of benzene rings is 3. The maximum Gasteiger partial charge on any atom is 0.305 e. The molecule has 3 aromatic heterocycles. The first-order chi connectivity index (χ1) is 48.2. The number of nitrogens with zero attached hydrogens (tertiary/aromatic N) is 1. The lowest BCUT2D eigenvalue weighted by molar-refractivity contribution is -0.142. The first-order valence-corrected chi connectivity index (χ1v) is 33.2. The molecule has 101 heavy (non-hydrogen) atoms. The summed E-state index contributed by atoms with van der Waals surface area (Å²) in [5, 5.41) is 46.6. The number of carboxylic acid groups (broad SMARTS) is 1. The van der Waals surface area contributed by atoms with Crippen LogP contribution in [-0.4, -0.2) is 199 Å². The fourth-order valence-electron chi connectivity index (χ4n) is 11.9. The number of carbonyl (C=O) groups excluding carboxylic acids is 13. The number of carbonyl (C=O) groups is 14. The first-order valence-electron chi connectivity index (χ1n) is 33.2. The third kappa shape index (κ3) is 21.4. The molecule has 33 nitrogen and oxygen atoms in total. The van der Waals surface area contributed by atoms with Crippen LogP contribution in [0, 0.1) is 5.92 Å². The smallest absolute Gasteiger partial charge is 0.305 e. The Morgan fingerprint density at radius 2 is 1.02 bits per heavy atom. The number of primary amides is 2. The van der Waals surface area contributed by atoms with Crippen LogP contribution >= 0.6 is 0 Å². The normalized spacial score (nSPS) is 15.7. The summed E-state index contributed by atoms with van der Waals surface area (Å²) >= 11 is 0. The Morgan fingerprint density at radius 1 is 0.554 bits per heavy atom. The quantitative estimate of drug-likeness (QED) is 0.0181. The van der Waals surface area contributed by atoms with E-state index >= 15 is 14.4 Å². The summed E-state index contributed by atoms with van der Waals surface area (Å²) in [6, 6.07) is 6.92. The zero-order valence-electron chi connectivity index (χ0n) is 56.4. The Labute approximate surface area is 579 Å². The number of para-hydroxylation sites is 3. The minimum atomic E-state index is -1.74. The lowest BCUT2D eigenvalue weighted by Crippen LogP contribution is -2.61. The van der Waals surface area contributed by atoms with Crippen molar-refractivity contribution in [2.24, 2.45) is 23.1 Å². The lowest BCUT2D eigenvalue weighted by atomic mass is 9.98. The van der Waals surface area contributed by atoms with E-state index in [1.807, 2.05) is 18.2 Å². The molecule has 0 spiro atoms. The third-order valence-electron chi connectivity index (χ3n) is 17.5. The summed E-state index contributed by atoms with van der Waals surface area (Å²) in [6.45, 7) is 4.43. The van der Waals surface area contributed by atoms with Crippen LogP contribution in [-0.2, 0) is 86.4 Å². The van der Waals surface area contributed by atoms with Gasteiger partial charge in [-0.2, -0.15) is 0 Å². The summed E-state index contributed by atoms with van der Waals surface area (Å²) in [5.74, 6) is -13.6. The van der Waals surface area contributed by atoms with Gasteiger partial charge in [-0.25, -0.2) is 0 Å². The van der Waals surface area contributed by atoms with Crippen molar-refractivity contribution in [1.82, 2.24) is 73.0 Å². The van der Waals surface area contributed by atoms with Crippen molar-refractivity contribution in [3.8, 4) is 0 Å². The van der Waals surface area contributed by atoms with Crippen molar-refractivity contribution >= 4 is 115 Å². The number of nitrogens with two attached hydrogens (primary N) is 3. The summed E-state index contributed by atoms with van der Waals surface area (Å²) in [6.07, 6.45) is 4.16. The van der Waals surface area contributed by atoms with Gasteiger partial charge in [0, 0.05) is 84.0 Å². The molecule has 0 aliphatic carbocycles. The fraction of sp³-hybridized carbons (Fsp3) is 0.441. The molecule has 7 rings (SSSR count). The van der Waals surface area contributed by atoms with E-state index in [2.05, 4.69) is 68.1 Å². The molecule has 0 saturated carbocycles. The molecule has 6 aromatic rings. The topological polar surface area (TPSA) is 528 Å². The monoisotopic (exact) mass is 1400 g/mol. The van der Waals surface area contributed by atoms with Gasteiger partial charge in [-0.15, -0.1) is 0 Å². The molecule has 11 atom stereocenters. The highest BCUT2D eigenvalue weighted by atomic mass is 16.4. The highest BCUT2D eigenvalue weighted by Crippen LogP contribution is 2.25. The molecule has 542 valence electrons. The largest absolute Gasteiger partial charge is 0.481 e. The van der Waals surface area contributed by atoms with Crippen molar-refractivity contribution in [2.75, 3.05) is 26.2 Å². The van der Waals surface area contributed by atoms with Gasteiger partial charge < -0.3 is 100 Å². The van der Waals surface area contributed by atoms with Crippen molar-refractivity contribution < 1.29 is 77.3 Å². The molecule has 4 heterocycles. The van der Waals surface area contributed by atoms with Crippen LogP contribution in [0.5, 0.6) is 0 Å². The second-order valence-corrected chi connectivity index (χ2v) is 25.0. The number of aliphatic hydroxyl groups is 1. The van der Waals surface area contributed by atoms with Crippen LogP contribution in [0.4, 0.5) is 0 Å². The highest BCUT2D eigenvalue weighted by Gasteiger charge is 2.41. The predicted octanol–water partition coefficient (Wildman–Crippen LogP) is -2.33. The number of aliphatic carboxylic acids is 1. The minimum absolute atomic E-state index is 0.0343. The van der Waals surface area contributed by atoms with Gasteiger partial charge in [-0.05, 0) is 86.4 Å². The zero-order valence-corrected chi connectivity index (χ0v) is 56.4. The SMILES string of the molecule is CC[C@H](C)[C@H](NC(=O)CNC(=O)[C@@H]1CCCN1C(=O)[C@H](Cc1c[nH]c2ccccc12)NC(=O)[C@H](Cc1c[nH]c2ccccc12)NC(=O)[C@H](CCCCN)NC(=O)[C@H](Cc1c[nH]c2ccccc12)NC(=O)[C@H](CC(N)=O)NC(=O)[C@H](CO)NC(C)=O)C(=O)N[C@@H](C)C(=O)N[C@@H](CC(=O)O)C(N)=O. The Morgan fingerprint density at radius 3 is 1.50 bits per heavy atom. The van der Waals surface area contributed by atoms with E-state index in [9.17, 15) is 57.8 Å². The van der Waals surface area contributed by atoms with Crippen LogP contribution in [0.15, 0.2) is 91.4 Å². The number of hydrogen-bond acceptors (Lipinski definition) is 16. The second kappa shape index (κ2) is 36.6. The Bertz CT molecular complexity index is 4020. The van der Waals surface area contributed by atoms with Gasteiger partial charge in [0.2, 0.25) is 76.8 Å². The second-order valence-electron chi connectivity index (χ2n) is 25.0. The number of carboxylic acids is 1. The highest BCUT2D eigenvalue weighted by molar-refractivity contribution is 6.01. The van der Waals surface area contributed by atoms with E-state index in [1.54, 1.807) is 87.0 Å². The van der Waals surface area contributed by atoms with Gasteiger partial charge in [0.1, 0.15) is 60.4 Å². The van der Waals surface area contributed by atoms with Gasteiger partial charge in [-0.1, -0.05) is 74.9 Å². The number of hydrogen-bond donors (Lipinski definition) is 18. The van der Waals surface area contributed by atoms with Gasteiger partial charge in [0.15, 0.2) is 0 Å². The number of fused-ring (bicyclic) bond motifs is 3. The summed E-state index contributed by atoms with van der Waals surface area (Å²) in [4.78, 5) is 201. The average molecular weight is 1400 g/mol. The van der Waals surface area contributed by atoms with Crippen molar-refractivity contribution in [3.05, 3.63) is 108 Å². The number of rotatable bonds is 38. The maximum absolute atomic E-state index is 15.4. The number of likely N-dealkylation sites (tertiary alicyclic amines) is 1. The van der Waals surface area contributed by atoms with E-state index < -0.39 is 175 Å². The van der Waals surface area contributed by atoms with E-state index in [0.717, 1.165) is 6.92 Å². The number of aromatic amines is 3. The van der Waals surface area contributed by atoms with E-state index in [4.69, 9.17) is 22.3 Å². The summed E-state index contributed by atoms with van der Waals surface area (Å²) < 4.78 is 0. The molecule has 0 radical (unpaired) electrons. The minimum Gasteiger partial charge on any atom is -0.481 e. The lowest BCUT2D eigenvalue weighted by Gasteiger charge is -2.30. The number of amides is 13. The molecule has 0 unspecified atom stereocenters. The number of unbranched alkanes of at least 4 members (excludes halogenated alkanes) is 1. The first kappa shape index (κ1) is 77.1. The molecule has 1 aliphatic heterocycles. The van der Waals surface area contributed by atoms with Gasteiger partial charge in [0.25, 0.3) is 0 Å². The third-order valence-corrected chi connectivity index (χ3v) is 17.5. The van der Waals surface area contributed by atoms with Gasteiger partial charge in [-0.3, -0.25) is 67.1 Å². The standard InChI is InChI=1S/C68H89N17O16/c1-5-35(2)58(67(100)76-36(3)60(93)79-48(59(71)92)29-57(90)91)84-56(89)33-75-66(99)54-22-14-24-85(54)68(101)52(27-40-32-74-46-20-11-8-17-43(40)46)83-63(96)50(26-39-31-73-45-19-10-7-16-42(39)45)80-61(94)47(21-12-13-23-69)78-62(95)49(25-38-30-72-44-18-9-6-15-41(38)44)81-64(97)51(28-55(70)88)82-65(98)53(34-86)77-37(4)87/h6-11,15-20,30-32,35-36,47-54,58,72-74,86H,5,12-14,21-29,33-34,69H2,1-4H3,(H2,70,88)(H2,71,92)(H,75,99)(H,76,100)(H,77,87)(H,78,95)(H,79,93)(H,80,94)(H,81,97)(H,82,98)(H,83,96)(H,84,89)(H,90,91)/t35-,36-,47-,48-,49-,50-,51-,52-,53-,54-,58-/m0/s1. The predicted molar refractivity (Wildman–Crippen MR) is 367 cm³/mol. The maximum atomic E-state index is 15.4. The van der Waals surface area contributed by atoms with E-state index in [-0.39, 0.29) is 51.6 Å². The van der Waals surface area contributed by atoms with Crippen LogP contribution in [0.3, 0.4) is 0 Å². The van der Waals surface area contributed by atoms with Crippen LogP contribution in [0.2, 0.25) is 0 Å². The molecule has 3 aromatic carbocycles. The van der Waals surface area contributed by atoms with Gasteiger partial charge >= 0.3 is 5.97 Å². The molecule has 0 bridgehead atoms. The molecule has 13 amide bonds. The Hall–Kier alpha value is -11.2. The average Bonchev–Trinajstić information content (AvgIpc) is 1.72. The number of aliphatic hydroxyl groups excluding tert-OH is 1. The number of aromatic nitrogens is 3. The van der Waals surface area contributed by atoms with Gasteiger partial charge in [0.05, 0.1) is 26.0 Å². The Kier molecular flexibility index (Phi) is 27.9. The van der Waals surface area contributed by atoms with E-state index in [0.29, 0.717) is 68.7 Å². The number of H-pyrrole nitrogens is 3. The molecule has 1 fully saturated rings. The van der Waals surface area contributed by atoms with E-state index in [1.165, 1.54) is 11.8 Å². The summed E-state index contributed by atoms with van der Waals surface area (Å²) in [7, 11) is 0. The molecule has 33 heteroatoms. The molecule has 1 saturated heterocycles. The van der Waals surface area contributed by atoms with Crippen molar-refractivity contribution in [1.29, 1.82) is 0 Å².